The van der Waals surface area contributed by atoms with E-state index in [1.54, 1.807) is 0 Å². The molecule has 0 heterocycles. The van der Waals surface area contributed by atoms with E-state index in [0.717, 1.165) is 83.5 Å². The Labute approximate surface area is 331 Å². The largest absolute Gasteiger partial charge is 0.472 e. The van der Waals surface area contributed by atoms with Gasteiger partial charge in [-0.3, -0.25) is 13.8 Å². The number of esters is 1. The number of carbonyl (C=O) groups excluding carboxylic acids is 1. The van der Waals surface area contributed by atoms with Crippen molar-refractivity contribution in [3.8, 4) is 0 Å². The van der Waals surface area contributed by atoms with Crippen LogP contribution in [0, 0.1) is 0 Å². The molecular weight excluding hydrogens is 697 g/mol. The second kappa shape index (κ2) is 42.1. The topological polar surface area (TPSA) is 117 Å². The molecule has 0 radical (unpaired) electrons. The molecule has 0 aromatic rings. The van der Waals surface area contributed by atoms with Crippen LogP contribution in [-0.4, -0.2) is 49.9 Å². The Morgan fingerprint density at radius 2 is 1.04 bits per heavy atom. The minimum Gasteiger partial charge on any atom is -0.457 e. The first-order chi connectivity index (χ1) is 26.4. The number of allylic oxidation sites excluding steroid dienone is 12. The van der Waals surface area contributed by atoms with E-state index in [2.05, 4.69) is 86.8 Å². The van der Waals surface area contributed by atoms with Crippen molar-refractivity contribution in [2.24, 2.45) is 5.73 Å². The van der Waals surface area contributed by atoms with Gasteiger partial charge in [-0.25, -0.2) is 4.57 Å². The first-order valence-electron chi connectivity index (χ1n) is 21.4. The molecule has 0 fully saturated rings. The summed E-state index contributed by atoms with van der Waals surface area (Å²) in [7, 11) is -4.28. The number of unbranched alkanes of at least 4 members (excludes halogenated alkanes) is 15. The lowest BCUT2D eigenvalue weighted by atomic mass is 10.1. The zero-order chi connectivity index (χ0) is 39.5. The molecule has 312 valence electrons. The minimum atomic E-state index is -4.28. The lowest BCUT2D eigenvalue weighted by Crippen LogP contribution is -2.28. The molecule has 3 N–H and O–H groups in total. The molecule has 0 aliphatic heterocycles. The van der Waals surface area contributed by atoms with Crippen molar-refractivity contribution in [3.05, 3.63) is 72.9 Å². The van der Waals surface area contributed by atoms with E-state index in [4.69, 9.17) is 24.3 Å². The summed E-state index contributed by atoms with van der Waals surface area (Å²) in [6, 6.07) is 0. The summed E-state index contributed by atoms with van der Waals surface area (Å²) in [5, 5.41) is 0. The van der Waals surface area contributed by atoms with Crippen LogP contribution in [0.15, 0.2) is 72.9 Å². The quantitative estimate of drug-likeness (QED) is 0.0273. The van der Waals surface area contributed by atoms with Crippen LogP contribution < -0.4 is 5.73 Å². The highest BCUT2D eigenvalue weighted by molar-refractivity contribution is 7.47. The van der Waals surface area contributed by atoms with Gasteiger partial charge in [0.25, 0.3) is 0 Å². The second-order valence-corrected chi connectivity index (χ2v) is 15.3. The molecule has 54 heavy (non-hydrogen) atoms. The number of hydrogen-bond acceptors (Lipinski definition) is 7. The lowest BCUT2D eigenvalue weighted by molar-refractivity contribution is -0.154. The number of carbonyl (C=O) groups is 1. The van der Waals surface area contributed by atoms with Crippen LogP contribution in [0.1, 0.15) is 168 Å². The van der Waals surface area contributed by atoms with Gasteiger partial charge in [-0.15, -0.1) is 0 Å². The highest BCUT2D eigenvalue weighted by Crippen LogP contribution is 2.43. The second-order valence-electron chi connectivity index (χ2n) is 13.8. The summed E-state index contributed by atoms with van der Waals surface area (Å²) < 4.78 is 33.4. The van der Waals surface area contributed by atoms with Gasteiger partial charge in [-0.05, 0) is 77.0 Å². The molecule has 2 atom stereocenters. The third-order valence-corrected chi connectivity index (χ3v) is 9.59. The summed E-state index contributed by atoms with van der Waals surface area (Å²) in [5.41, 5.74) is 5.36. The first kappa shape index (κ1) is 51.9. The smallest absolute Gasteiger partial charge is 0.457 e. The maximum atomic E-state index is 12.5. The molecule has 0 aromatic heterocycles. The van der Waals surface area contributed by atoms with Crippen molar-refractivity contribution in [1.82, 2.24) is 0 Å². The molecule has 0 aliphatic carbocycles. The molecule has 0 saturated heterocycles. The van der Waals surface area contributed by atoms with Gasteiger partial charge in [0.15, 0.2) is 0 Å². The van der Waals surface area contributed by atoms with Gasteiger partial charge >= 0.3 is 13.8 Å². The van der Waals surface area contributed by atoms with Gasteiger partial charge in [-0.2, -0.15) is 0 Å². The summed E-state index contributed by atoms with van der Waals surface area (Å²) in [5.74, 6) is -0.348. The van der Waals surface area contributed by atoms with Crippen molar-refractivity contribution < 1.29 is 32.8 Å². The molecular formula is C45H80NO7P. The van der Waals surface area contributed by atoms with E-state index < -0.39 is 13.9 Å². The highest BCUT2D eigenvalue weighted by atomic mass is 31.2. The van der Waals surface area contributed by atoms with Crippen LogP contribution >= 0.6 is 7.82 Å². The fraction of sp³-hybridized carbons (Fsp3) is 0.711. The van der Waals surface area contributed by atoms with Crippen molar-refractivity contribution >= 4 is 13.8 Å². The maximum absolute atomic E-state index is 12.5. The van der Waals surface area contributed by atoms with Crippen LogP contribution in [0.4, 0.5) is 0 Å². The predicted octanol–water partition coefficient (Wildman–Crippen LogP) is 12.7. The van der Waals surface area contributed by atoms with E-state index in [9.17, 15) is 14.3 Å². The number of ether oxygens (including phenoxy) is 2. The van der Waals surface area contributed by atoms with Crippen LogP contribution in [-0.2, 0) is 27.9 Å². The molecule has 9 heteroatoms. The van der Waals surface area contributed by atoms with Gasteiger partial charge in [0, 0.05) is 19.6 Å². The third-order valence-electron chi connectivity index (χ3n) is 8.61. The van der Waals surface area contributed by atoms with E-state index in [0.29, 0.717) is 13.0 Å². The van der Waals surface area contributed by atoms with Crippen molar-refractivity contribution in [2.75, 3.05) is 33.0 Å². The van der Waals surface area contributed by atoms with Gasteiger partial charge in [0.2, 0.25) is 0 Å². The Hall–Kier alpha value is -2.06. The standard InChI is InChI=1S/C45H80NO7P/c1-3-5-7-9-11-13-15-16-17-18-19-20-21-22-23-24-25-26-27-29-31-33-35-37-40-50-42-44(43-52-54(48,49)51-41-39-46)53-45(47)38-36-34-32-30-28-14-12-10-8-6-4-2/h5,7,10-13,16-17,19-20,22-23,44H,3-4,6,8-9,14-15,18,21,24-43,46H2,1-2H3,(H,48,49)/b7-5-,12-10-,13-11-,17-16-,20-19-,23-22-. The minimum absolute atomic E-state index is 0.0941. The number of phosphoric acid groups is 1. The molecule has 0 spiro atoms. The Kier molecular flexibility index (Phi) is 40.5. The SMILES string of the molecule is CC/C=C\C/C=C\C/C=C\C/C=C\C/C=C\CCCCCCCCCCOCC(COP(=O)(O)OCCN)OC(=O)CCCCCCC/C=C\CCCC. The number of nitrogens with two attached hydrogens (primary N) is 1. The number of rotatable bonds is 40. The lowest BCUT2D eigenvalue weighted by Gasteiger charge is -2.20. The summed E-state index contributed by atoms with van der Waals surface area (Å²) >= 11 is 0. The number of hydrogen-bond donors (Lipinski definition) is 2. The van der Waals surface area contributed by atoms with Crippen LogP contribution in [0.5, 0.6) is 0 Å². The molecule has 0 amide bonds. The summed E-state index contributed by atoms with van der Waals surface area (Å²) in [6.07, 6.45) is 52.1. The monoisotopic (exact) mass is 778 g/mol. The van der Waals surface area contributed by atoms with Crippen molar-refractivity contribution in [3.63, 3.8) is 0 Å². The molecule has 0 aliphatic rings. The Morgan fingerprint density at radius 3 is 1.57 bits per heavy atom. The molecule has 0 rings (SSSR count). The third kappa shape index (κ3) is 41.1. The van der Waals surface area contributed by atoms with Crippen molar-refractivity contribution in [1.29, 1.82) is 0 Å². The molecule has 0 saturated carbocycles. The first-order valence-corrected chi connectivity index (χ1v) is 22.9. The van der Waals surface area contributed by atoms with Crippen LogP contribution in [0.2, 0.25) is 0 Å². The van der Waals surface area contributed by atoms with Crippen LogP contribution in [0.25, 0.3) is 0 Å². The van der Waals surface area contributed by atoms with E-state index >= 15 is 0 Å². The van der Waals surface area contributed by atoms with Gasteiger partial charge in [0.05, 0.1) is 19.8 Å². The van der Waals surface area contributed by atoms with Crippen LogP contribution in [0.3, 0.4) is 0 Å². The van der Waals surface area contributed by atoms with Crippen molar-refractivity contribution in [2.45, 2.75) is 174 Å². The Morgan fingerprint density at radius 1 is 0.574 bits per heavy atom. The van der Waals surface area contributed by atoms with Gasteiger partial charge in [-0.1, -0.05) is 157 Å². The summed E-state index contributed by atoms with van der Waals surface area (Å²) in [4.78, 5) is 22.4. The van der Waals surface area contributed by atoms with E-state index in [-0.39, 0.29) is 32.3 Å². The normalized spacial score (nSPS) is 14.2. The molecule has 2 unspecified atom stereocenters. The predicted molar refractivity (Wildman–Crippen MR) is 228 cm³/mol. The zero-order valence-electron chi connectivity index (χ0n) is 34.4. The highest BCUT2D eigenvalue weighted by Gasteiger charge is 2.25. The van der Waals surface area contributed by atoms with Gasteiger partial charge in [0.1, 0.15) is 6.10 Å². The van der Waals surface area contributed by atoms with E-state index in [1.807, 2.05) is 0 Å². The van der Waals surface area contributed by atoms with E-state index in [1.165, 1.54) is 64.2 Å². The molecule has 0 bridgehead atoms. The zero-order valence-corrected chi connectivity index (χ0v) is 35.3. The fourth-order valence-electron chi connectivity index (χ4n) is 5.47. The molecule has 8 nitrogen and oxygen atoms in total. The average Bonchev–Trinajstić information content (AvgIpc) is 3.16. The average molecular weight is 778 g/mol. The Bertz CT molecular complexity index is 1050. The molecule has 0 aromatic carbocycles. The summed E-state index contributed by atoms with van der Waals surface area (Å²) in [6.45, 7) is 4.72. The van der Waals surface area contributed by atoms with Gasteiger partial charge < -0.3 is 20.1 Å². The maximum Gasteiger partial charge on any atom is 0.472 e. The number of phosphoric ester groups is 1. The Balaban J connectivity index is 4.00. The fourth-order valence-corrected chi connectivity index (χ4v) is 6.24.